The van der Waals surface area contributed by atoms with Gasteiger partial charge < -0.3 is 10.6 Å². The molecular formula is C15H31N3O. The average molecular weight is 269 g/mol. The van der Waals surface area contributed by atoms with Crippen LogP contribution in [-0.4, -0.2) is 48.6 Å². The number of amides is 1. The van der Waals surface area contributed by atoms with E-state index in [4.69, 9.17) is 0 Å². The van der Waals surface area contributed by atoms with Crippen LogP contribution in [0.25, 0.3) is 0 Å². The molecule has 2 N–H and O–H groups in total. The largest absolute Gasteiger partial charge is 0.350 e. The molecule has 4 heteroatoms. The summed E-state index contributed by atoms with van der Waals surface area (Å²) in [5.41, 5.74) is -0.144. The first-order valence-corrected chi connectivity index (χ1v) is 7.53. The maximum atomic E-state index is 12.1. The molecule has 0 unspecified atom stereocenters. The molecule has 1 heterocycles. The van der Waals surface area contributed by atoms with Crippen molar-refractivity contribution >= 4 is 5.91 Å². The lowest BCUT2D eigenvalue weighted by Gasteiger charge is -2.33. The SMILES string of the molecule is CC(C)N(CC(=O)NC(C)(C)C)CC1CCNCC1. The Labute approximate surface area is 118 Å². The first-order valence-electron chi connectivity index (χ1n) is 7.53. The van der Waals surface area contributed by atoms with Crippen molar-refractivity contribution in [3.63, 3.8) is 0 Å². The Balaban J connectivity index is 2.45. The standard InChI is InChI=1S/C15H31N3O/c1-12(2)18(10-13-6-8-16-9-7-13)11-14(19)17-15(3,4)5/h12-13,16H,6-11H2,1-5H3,(H,17,19). The third-order valence-corrected chi connectivity index (χ3v) is 3.54. The van der Waals surface area contributed by atoms with Gasteiger partial charge in [-0.25, -0.2) is 0 Å². The number of carbonyl (C=O) groups excluding carboxylic acids is 1. The fourth-order valence-electron chi connectivity index (χ4n) is 2.50. The van der Waals surface area contributed by atoms with Crippen molar-refractivity contribution in [1.29, 1.82) is 0 Å². The molecule has 0 atom stereocenters. The zero-order valence-electron chi connectivity index (χ0n) is 13.3. The number of carbonyl (C=O) groups is 1. The van der Waals surface area contributed by atoms with Crippen molar-refractivity contribution in [1.82, 2.24) is 15.5 Å². The fraction of sp³-hybridized carbons (Fsp3) is 0.933. The van der Waals surface area contributed by atoms with E-state index in [1.807, 2.05) is 20.8 Å². The molecule has 0 aliphatic carbocycles. The molecule has 0 bridgehead atoms. The molecular weight excluding hydrogens is 238 g/mol. The first-order chi connectivity index (χ1) is 8.78. The molecule has 112 valence electrons. The van der Waals surface area contributed by atoms with Crippen LogP contribution in [0.4, 0.5) is 0 Å². The third kappa shape index (κ3) is 6.92. The number of hydrogen-bond acceptors (Lipinski definition) is 3. The second-order valence-corrected chi connectivity index (χ2v) is 7.01. The number of rotatable bonds is 5. The van der Waals surface area contributed by atoms with Gasteiger partial charge in [0, 0.05) is 18.1 Å². The van der Waals surface area contributed by atoms with Gasteiger partial charge in [0.2, 0.25) is 5.91 Å². The van der Waals surface area contributed by atoms with Gasteiger partial charge >= 0.3 is 0 Å². The van der Waals surface area contributed by atoms with Crippen LogP contribution in [0.5, 0.6) is 0 Å². The minimum Gasteiger partial charge on any atom is -0.350 e. The van der Waals surface area contributed by atoms with Crippen LogP contribution in [0, 0.1) is 5.92 Å². The Morgan fingerprint density at radius 3 is 2.37 bits per heavy atom. The fourth-order valence-corrected chi connectivity index (χ4v) is 2.50. The molecule has 0 spiro atoms. The van der Waals surface area contributed by atoms with Gasteiger partial charge in [-0.2, -0.15) is 0 Å². The number of nitrogens with one attached hydrogen (secondary N) is 2. The van der Waals surface area contributed by atoms with Crippen LogP contribution >= 0.6 is 0 Å². The summed E-state index contributed by atoms with van der Waals surface area (Å²) in [5, 5.41) is 6.44. The van der Waals surface area contributed by atoms with Crippen LogP contribution in [0.1, 0.15) is 47.5 Å². The van der Waals surface area contributed by atoms with Crippen molar-refractivity contribution < 1.29 is 4.79 Å². The summed E-state index contributed by atoms with van der Waals surface area (Å²) in [4.78, 5) is 14.4. The van der Waals surface area contributed by atoms with E-state index < -0.39 is 0 Å². The lowest BCUT2D eigenvalue weighted by molar-refractivity contribution is -0.124. The molecule has 19 heavy (non-hydrogen) atoms. The molecule has 4 nitrogen and oxygen atoms in total. The van der Waals surface area contributed by atoms with E-state index >= 15 is 0 Å². The van der Waals surface area contributed by atoms with Gasteiger partial charge in [0.05, 0.1) is 6.54 Å². The van der Waals surface area contributed by atoms with E-state index in [0.717, 1.165) is 25.6 Å². The van der Waals surface area contributed by atoms with Crippen molar-refractivity contribution in [2.75, 3.05) is 26.2 Å². The zero-order chi connectivity index (χ0) is 14.5. The summed E-state index contributed by atoms with van der Waals surface area (Å²) < 4.78 is 0. The van der Waals surface area contributed by atoms with Gasteiger partial charge in [0.15, 0.2) is 0 Å². The molecule has 0 aromatic heterocycles. The highest BCUT2D eigenvalue weighted by Crippen LogP contribution is 2.15. The first kappa shape index (κ1) is 16.4. The van der Waals surface area contributed by atoms with E-state index in [1.54, 1.807) is 0 Å². The molecule has 0 aromatic carbocycles. The van der Waals surface area contributed by atoms with Crippen LogP contribution in [-0.2, 0) is 4.79 Å². The quantitative estimate of drug-likeness (QED) is 0.797. The van der Waals surface area contributed by atoms with E-state index in [1.165, 1.54) is 12.8 Å². The predicted molar refractivity (Wildman–Crippen MR) is 80.2 cm³/mol. The normalized spacial score (nSPS) is 18.1. The third-order valence-electron chi connectivity index (χ3n) is 3.54. The topological polar surface area (TPSA) is 44.4 Å². The summed E-state index contributed by atoms with van der Waals surface area (Å²) in [5.74, 6) is 0.862. The Morgan fingerprint density at radius 1 is 1.32 bits per heavy atom. The monoisotopic (exact) mass is 269 g/mol. The molecule has 0 saturated carbocycles. The van der Waals surface area contributed by atoms with E-state index in [-0.39, 0.29) is 11.4 Å². The number of hydrogen-bond donors (Lipinski definition) is 2. The summed E-state index contributed by atoms with van der Waals surface area (Å²) >= 11 is 0. The molecule has 0 radical (unpaired) electrons. The second-order valence-electron chi connectivity index (χ2n) is 7.01. The molecule has 0 aromatic rings. The van der Waals surface area contributed by atoms with Crippen molar-refractivity contribution in [2.45, 2.75) is 59.0 Å². The van der Waals surface area contributed by atoms with E-state index in [9.17, 15) is 4.79 Å². The minimum atomic E-state index is -0.144. The van der Waals surface area contributed by atoms with Gasteiger partial charge in [0.1, 0.15) is 0 Å². The Morgan fingerprint density at radius 2 is 1.89 bits per heavy atom. The van der Waals surface area contributed by atoms with Crippen molar-refractivity contribution in [2.24, 2.45) is 5.92 Å². The second kappa shape index (κ2) is 7.25. The predicted octanol–water partition coefficient (Wildman–Crippen LogP) is 1.61. The van der Waals surface area contributed by atoms with E-state index in [2.05, 4.69) is 29.4 Å². The minimum absolute atomic E-state index is 0.134. The summed E-state index contributed by atoms with van der Waals surface area (Å²) in [6.07, 6.45) is 2.45. The highest BCUT2D eigenvalue weighted by Gasteiger charge is 2.22. The summed E-state index contributed by atoms with van der Waals surface area (Å²) in [6.45, 7) is 14.2. The van der Waals surface area contributed by atoms with E-state index in [0.29, 0.717) is 12.6 Å². The van der Waals surface area contributed by atoms with Gasteiger partial charge in [-0.05, 0) is 66.5 Å². The number of piperidine rings is 1. The molecule has 1 aliphatic rings. The average Bonchev–Trinajstić information content (AvgIpc) is 2.26. The summed E-state index contributed by atoms with van der Waals surface area (Å²) in [7, 11) is 0. The van der Waals surface area contributed by atoms with Gasteiger partial charge in [-0.15, -0.1) is 0 Å². The van der Waals surface area contributed by atoms with Crippen molar-refractivity contribution in [3.8, 4) is 0 Å². The van der Waals surface area contributed by atoms with Crippen LogP contribution in [0.2, 0.25) is 0 Å². The Kier molecular flexibility index (Phi) is 6.27. The van der Waals surface area contributed by atoms with Gasteiger partial charge in [-0.1, -0.05) is 0 Å². The highest BCUT2D eigenvalue weighted by atomic mass is 16.2. The number of nitrogens with zero attached hydrogens (tertiary/aromatic N) is 1. The maximum absolute atomic E-state index is 12.1. The van der Waals surface area contributed by atoms with Gasteiger partial charge in [0.25, 0.3) is 0 Å². The highest BCUT2D eigenvalue weighted by molar-refractivity contribution is 5.78. The smallest absolute Gasteiger partial charge is 0.234 e. The van der Waals surface area contributed by atoms with Crippen molar-refractivity contribution in [3.05, 3.63) is 0 Å². The van der Waals surface area contributed by atoms with Gasteiger partial charge in [-0.3, -0.25) is 9.69 Å². The van der Waals surface area contributed by atoms with Crippen LogP contribution < -0.4 is 10.6 Å². The molecule has 1 amide bonds. The molecule has 1 saturated heterocycles. The molecule has 1 rings (SSSR count). The lowest BCUT2D eigenvalue weighted by Crippen LogP contribution is -2.49. The Hall–Kier alpha value is -0.610. The lowest BCUT2D eigenvalue weighted by atomic mass is 9.97. The van der Waals surface area contributed by atoms with Crippen LogP contribution in [0.3, 0.4) is 0 Å². The van der Waals surface area contributed by atoms with Crippen LogP contribution in [0.15, 0.2) is 0 Å². The maximum Gasteiger partial charge on any atom is 0.234 e. The molecule has 1 aliphatic heterocycles. The Bertz CT molecular complexity index is 278. The molecule has 1 fully saturated rings. The summed E-state index contributed by atoms with van der Waals surface area (Å²) in [6, 6.07) is 0.417. The zero-order valence-corrected chi connectivity index (χ0v) is 13.3.